The fraction of sp³-hybridized carbons (Fsp3) is 0.259. The second kappa shape index (κ2) is 11.6. The van der Waals surface area contributed by atoms with E-state index in [0.717, 1.165) is 17.8 Å². The first-order valence-electron chi connectivity index (χ1n) is 12.5. The van der Waals surface area contributed by atoms with E-state index >= 15 is 0 Å². The van der Waals surface area contributed by atoms with Crippen molar-refractivity contribution in [2.24, 2.45) is 0 Å². The molecular formula is C27H24ClF3N6O3S. The number of aromatic amines is 1. The zero-order valence-corrected chi connectivity index (χ0v) is 23.0. The van der Waals surface area contributed by atoms with E-state index in [1.54, 1.807) is 42.5 Å². The smallest absolute Gasteiger partial charge is 0.322 e. The molecule has 0 radical (unpaired) electrons. The third-order valence-corrected chi connectivity index (χ3v) is 8.48. The lowest BCUT2D eigenvalue weighted by molar-refractivity contribution is -0.137. The highest BCUT2D eigenvalue weighted by atomic mass is 35.5. The Labute approximate surface area is 238 Å². The number of hydrogen-bond acceptors (Lipinski definition) is 7. The van der Waals surface area contributed by atoms with Gasteiger partial charge in [-0.3, -0.25) is 19.8 Å². The van der Waals surface area contributed by atoms with Crippen LogP contribution in [0.2, 0.25) is 5.02 Å². The summed E-state index contributed by atoms with van der Waals surface area (Å²) in [6.45, 7) is 1.50. The zero-order valence-electron chi connectivity index (χ0n) is 21.4. The lowest BCUT2D eigenvalue weighted by Gasteiger charge is -2.26. The molecule has 5 rings (SSSR count). The average molecular weight is 605 g/mol. The third-order valence-electron chi connectivity index (χ3n) is 6.54. The molecule has 14 heteroatoms. The molecule has 3 heterocycles. The van der Waals surface area contributed by atoms with Crippen LogP contribution in [0.1, 0.15) is 33.0 Å². The maximum absolute atomic E-state index is 12.9. The Balaban J connectivity index is 1.19. The van der Waals surface area contributed by atoms with Crippen LogP contribution in [0.5, 0.6) is 0 Å². The maximum Gasteiger partial charge on any atom is 0.417 e. The number of nitrogens with zero attached hydrogens (tertiary/aromatic N) is 4. The molecule has 1 aliphatic heterocycles. The quantitative estimate of drug-likeness (QED) is 0.316. The van der Waals surface area contributed by atoms with Gasteiger partial charge in [0.2, 0.25) is 0 Å². The molecule has 1 aliphatic rings. The van der Waals surface area contributed by atoms with E-state index in [4.69, 9.17) is 11.6 Å². The van der Waals surface area contributed by atoms with Gasteiger partial charge in [-0.1, -0.05) is 23.7 Å². The predicted molar refractivity (Wildman–Crippen MR) is 147 cm³/mol. The van der Waals surface area contributed by atoms with Crippen LogP contribution >= 0.6 is 11.6 Å². The van der Waals surface area contributed by atoms with Crippen LogP contribution in [0, 0.1) is 0 Å². The van der Waals surface area contributed by atoms with Crippen LogP contribution in [0.3, 0.4) is 0 Å². The summed E-state index contributed by atoms with van der Waals surface area (Å²) in [6.07, 6.45) is -3.74. The zero-order chi connectivity index (χ0) is 29.2. The monoisotopic (exact) mass is 604 g/mol. The Kier molecular flexibility index (Phi) is 8.11. The van der Waals surface area contributed by atoms with E-state index in [1.165, 1.54) is 0 Å². The molecule has 0 spiro atoms. The van der Waals surface area contributed by atoms with Crippen molar-refractivity contribution in [2.45, 2.75) is 19.1 Å². The van der Waals surface area contributed by atoms with Crippen LogP contribution in [0.15, 0.2) is 60.8 Å². The molecule has 1 amide bonds. The third kappa shape index (κ3) is 7.29. The van der Waals surface area contributed by atoms with Gasteiger partial charge in [0.05, 0.1) is 34.2 Å². The van der Waals surface area contributed by atoms with Crippen molar-refractivity contribution in [2.75, 3.05) is 29.9 Å². The van der Waals surface area contributed by atoms with E-state index in [1.807, 2.05) is 6.07 Å². The van der Waals surface area contributed by atoms with E-state index in [-0.39, 0.29) is 34.6 Å². The number of amides is 1. The number of H-pyrrole nitrogens is 1. The van der Waals surface area contributed by atoms with Gasteiger partial charge in [-0.2, -0.15) is 18.3 Å². The molecule has 1 fully saturated rings. The number of halogens is 4. The lowest BCUT2D eigenvalue weighted by Crippen LogP contribution is -2.39. The van der Waals surface area contributed by atoms with Crippen LogP contribution in [-0.4, -0.2) is 64.0 Å². The Bertz CT molecular complexity index is 1660. The predicted octanol–water partition coefficient (Wildman–Crippen LogP) is 4.61. The number of sulfone groups is 1. The fourth-order valence-corrected chi connectivity index (χ4v) is 5.81. The normalized spacial score (nSPS) is 15.5. The first-order valence-corrected chi connectivity index (χ1v) is 14.7. The summed E-state index contributed by atoms with van der Waals surface area (Å²) in [5, 5.41) is 9.64. The number of benzene rings is 2. The van der Waals surface area contributed by atoms with Crippen LogP contribution in [0.25, 0.3) is 11.4 Å². The number of carbonyl (C=O) groups excluding carboxylic acids is 1. The second-order valence-electron chi connectivity index (χ2n) is 9.59. The number of rotatable bonds is 7. The molecule has 0 unspecified atom stereocenters. The maximum atomic E-state index is 12.9. The van der Waals surface area contributed by atoms with E-state index in [2.05, 4.69) is 30.4 Å². The van der Waals surface area contributed by atoms with E-state index in [9.17, 15) is 26.4 Å². The number of alkyl halides is 3. The summed E-state index contributed by atoms with van der Waals surface area (Å²) in [5.41, 5.74) is 1.91. The van der Waals surface area contributed by atoms with Gasteiger partial charge < -0.3 is 5.32 Å². The second-order valence-corrected chi connectivity index (χ2v) is 12.3. The molecule has 214 valence electrons. The molecule has 41 heavy (non-hydrogen) atoms. The first kappa shape index (κ1) is 28.7. The first-order chi connectivity index (χ1) is 19.4. The summed E-state index contributed by atoms with van der Waals surface area (Å²) in [7, 11) is -2.96. The SMILES string of the molecule is O=C(Nc1ccc(-c2n[nH]c(Cc3ncc(C(F)(F)F)cc3Cl)n2)cc1)c1cccc(CN2CCS(=O)(=O)CC2)c1. The van der Waals surface area contributed by atoms with Gasteiger partial charge in [-0.25, -0.2) is 13.4 Å². The highest BCUT2D eigenvalue weighted by molar-refractivity contribution is 7.91. The van der Waals surface area contributed by atoms with Crippen molar-refractivity contribution in [3.63, 3.8) is 0 Å². The molecule has 0 aliphatic carbocycles. The van der Waals surface area contributed by atoms with Crippen LogP contribution in [0.4, 0.5) is 18.9 Å². The van der Waals surface area contributed by atoms with Gasteiger partial charge in [-0.05, 0) is 48.0 Å². The Morgan fingerprint density at radius 2 is 1.80 bits per heavy atom. The largest absolute Gasteiger partial charge is 0.417 e. The highest BCUT2D eigenvalue weighted by Gasteiger charge is 2.31. The molecule has 0 atom stereocenters. The Hall–Kier alpha value is -3.81. The van der Waals surface area contributed by atoms with E-state index < -0.39 is 21.6 Å². The van der Waals surface area contributed by atoms with Gasteiger partial charge in [0.15, 0.2) is 15.7 Å². The Morgan fingerprint density at radius 3 is 2.49 bits per heavy atom. The number of carbonyl (C=O) groups is 1. The van der Waals surface area contributed by atoms with Crippen molar-refractivity contribution in [3.05, 3.63) is 94.0 Å². The summed E-state index contributed by atoms with van der Waals surface area (Å²) in [6, 6.07) is 14.9. The van der Waals surface area contributed by atoms with Gasteiger partial charge >= 0.3 is 6.18 Å². The number of hydrogen-bond donors (Lipinski definition) is 2. The average Bonchev–Trinajstić information content (AvgIpc) is 3.39. The number of anilines is 1. The number of aromatic nitrogens is 4. The van der Waals surface area contributed by atoms with Crippen molar-refractivity contribution >= 4 is 33.0 Å². The standard InChI is InChI=1S/C27H24ClF3N6O3S/c28-22-13-20(27(29,30)31)15-32-23(22)14-24-34-25(36-35-24)18-4-6-21(7-5-18)33-26(38)19-3-1-2-17(12-19)16-37-8-10-41(39,40)11-9-37/h1-7,12-13,15H,8-11,14,16H2,(H,33,38)(H,34,35,36). The molecule has 9 nitrogen and oxygen atoms in total. The minimum Gasteiger partial charge on any atom is -0.322 e. The summed E-state index contributed by atoms with van der Waals surface area (Å²) < 4.78 is 61.9. The van der Waals surface area contributed by atoms with Gasteiger partial charge in [-0.15, -0.1) is 0 Å². The van der Waals surface area contributed by atoms with E-state index in [0.29, 0.717) is 48.1 Å². The molecule has 2 N–H and O–H groups in total. The molecule has 0 saturated carbocycles. The minimum absolute atomic E-state index is 0.0635. The van der Waals surface area contributed by atoms with Crippen LogP contribution in [-0.2, 0) is 29.0 Å². The highest BCUT2D eigenvalue weighted by Crippen LogP contribution is 2.31. The molecule has 0 bridgehead atoms. The molecule has 4 aromatic rings. The van der Waals surface area contributed by atoms with Crippen molar-refractivity contribution in [1.82, 2.24) is 25.1 Å². The lowest BCUT2D eigenvalue weighted by atomic mass is 10.1. The van der Waals surface area contributed by atoms with Crippen molar-refractivity contribution < 1.29 is 26.4 Å². The molecule has 2 aromatic heterocycles. The van der Waals surface area contributed by atoms with Gasteiger partial charge in [0.1, 0.15) is 5.82 Å². The van der Waals surface area contributed by atoms with Gasteiger partial charge in [0.25, 0.3) is 5.91 Å². The summed E-state index contributed by atoms with van der Waals surface area (Å²) >= 11 is 5.99. The number of nitrogens with one attached hydrogen (secondary N) is 2. The van der Waals surface area contributed by atoms with Crippen molar-refractivity contribution in [3.8, 4) is 11.4 Å². The Morgan fingerprint density at radius 1 is 1.07 bits per heavy atom. The summed E-state index contributed by atoms with van der Waals surface area (Å²) in [5.74, 6) is 0.727. The van der Waals surface area contributed by atoms with Gasteiger partial charge in [0, 0.05) is 42.6 Å². The topological polar surface area (TPSA) is 121 Å². The fourth-order valence-electron chi connectivity index (χ4n) is 4.30. The van der Waals surface area contributed by atoms with Crippen molar-refractivity contribution in [1.29, 1.82) is 0 Å². The minimum atomic E-state index is -4.54. The molecule has 2 aromatic carbocycles. The molecular weight excluding hydrogens is 581 g/mol. The summed E-state index contributed by atoms with van der Waals surface area (Å²) in [4.78, 5) is 23.1. The molecule has 1 saturated heterocycles. The van der Waals surface area contributed by atoms with Crippen LogP contribution < -0.4 is 5.32 Å². The number of pyridine rings is 1.